The Hall–Kier alpha value is -3.08. The Labute approximate surface area is 155 Å². The number of carbonyl (C=O) groups is 1. The van der Waals surface area contributed by atoms with Crippen molar-refractivity contribution in [1.82, 2.24) is 0 Å². The van der Waals surface area contributed by atoms with E-state index < -0.39 is 6.18 Å². The Morgan fingerprint density at radius 3 is 2.48 bits per heavy atom. The molecule has 1 N–H and O–H groups in total. The van der Waals surface area contributed by atoms with Crippen molar-refractivity contribution < 1.29 is 18.0 Å². The third-order valence-corrected chi connectivity index (χ3v) is 4.25. The van der Waals surface area contributed by atoms with Gasteiger partial charge in [0.1, 0.15) is 0 Å². The van der Waals surface area contributed by atoms with Gasteiger partial charge in [-0.1, -0.05) is 48.0 Å². The van der Waals surface area contributed by atoms with Crippen molar-refractivity contribution in [3.05, 3.63) is 82.9 Å². The van der Waals surface area contributed by atoms with Crippen molar-refractivity contribution in [1.29, 1.82) is 0 Å². The SMILES string of the molecule is Cc1ccc2cccc(NC(=O)c3ccc(/C=C/C(F)(F)F)cc3C)c2c1. The monoisotopic (exact) mass is 369 g/mol. The van der Waals surface area contributed by atoms with Gasteiger partial charge in [0.05, 0.1) is 0 Å². The highest BCUT2D eigenvalue weighted by atomic mass is 19.4. The molecule has 0 aliphatic carbocycles. The van der Waals surface area contributed by atoms with Crippen LogP contribution in [0.15, 0.2) is 60.7 Å². The van der Waals surface area contributed by atoms with Crippen molar-refractivity contribution >= 4 is 28.4 Å². The largest absolute Gasteiger partial charge is 0.409 e. The number of benzene rings is 3. The van der Waals surface area contributed by atoms with Gasteiger partial charge in [0.25, 0.3) is 5.91 Å². The minimum absolute atomic E-state index is 0.181. The fourth-order valence-electron chi connectivity index (χ4n) is 2.92. The van der Waals surface area contributed by atoms with Crippen LogP contribution in [0.3, 0.4) is 0 Å². The molecule has 0 unspecified atom stereocenters. The Morgan fingerprint density at radius 1 is 1.00 bits per heavy atom. The molecule has 0 radical (unpaired) electrons. The van der Waals surface area contributed by atoms with Crippen LogP contribution >= 0.6 is 0 Å². The van der Waals surface area contributed by atoms with Crippen molar-refractivity contribution in [3.8, 4) is 0 Å². The molecule has 0 aliphatic rings. The molecule has 0 spiro atoms. The van der Waals surface area contributed by atoms with Crippen LogP contribution < -0.4 is 5.32 Å². The second-order valence-electron chi connectivity index (χ2n) is 6.43. The molecule has 0 bridgehead atoms. The predicted octanol–water partition coefficient (Wildman–Crippen LogP) is 6.28. The maximum atomic E-state index is 12.7. The Kier molecular flexibility index (Phi) is 5.04. The number of fused-ring (bicyclic) bond motifs is 1. The van der Waals surface area contributed by atoms with Crippen LogP contribution in [-0.2, 0) is 0 Å². The van der Waals surface area contributed by atoms with Gasteiger partial charge in [0.15, 0.2) is 0 Å². The van der Waals surface area contributed by atoms with Crippen LogP contribution in [0, 0.1) is 13.8 Å². The zero-order chi connectivity index (χ0) is 19.6. The van der Waals surface area contributed by atoms with E-state index in [1.54, 1.807) is 13.0 Å². The number of alkyl halides is 3. The second-order valence-corrected chi connectivity index (χ2v) is 6.43. The summed E-state index contributed by atoms with van der Waals surface area (Å²) in [5, 5.41) is 4.86. The van der Waals surface area contributed by atoms with Crippen molar-refractivity contribution in [2.24, 2.45) is 0 Å². The highest BCUT2D eigenvalue weighted by Crippen LogP contribution is 2.26. The lowest BCUT2D eigenvalue weighted by Gasteiger charge is -2.11. The Bertz CT molecular complexity index is 1040. The summed E-state index contributed by atoms with van der Waals surface area (Å²) in [4.78, 5) is 12.7. The molecule has 2 nitrogen and oxygen atoms in total. The summed E-state index contributed by atoms with van der Waals surface area (Å²) in [6.07, 6.45) is -3.20. The van der Waals surface area contributed by atoms with E-state index >= 15 is 0 Å². The Balaban J connectivity index is 1.87. The zero-order valence-electron chi connectivity index (χ0n) is 14.9. The van der Waals surface area contributed by atoms with Gasteiger partial charge in [0, 0.05) is 22.7 Å². The fraction of sp³-hybridized carbons (Fsp3) is 0.136. The number of carbonyl (C=O) groups excluding carboxylic acids is 1. The standard InChI is InChI=1S/C22H18F3NO/c1-14-6-8-17-4-3-5-20(19(17)12-14)26-21(27)18-9-7-16(13-15(18)2)10-11-22(23,24)25/h3-13H,1-2H3,(H,26,27)/b11-10+. The van der Waals surface area contributed by atoms with E-state index in [1.807, 2.05) is 43.3 Å². The number of amides is 1. The maximum Gasteiger partial charge on any atom is 0.409 e. The smallest absolute Gasteiger partial charge is 0.321 e. The lowest BCUT2D eigenvalue weighted by Crippen LogP contribution is -2.13. The summed E-state index contributed by atoms with van der Waals surface area (Å²) in [7, 11) is 0. The number of hydrogen-bond acceptors (Lipinski definition) is 1. The van der Waals surface area contributed by atoms with Crippen molar-refractivity contribution in [2.75, 3.05) is 5.32 Å². The molecule has 0 aliphatic heterocycles. The first-order valence-electron chi connectivity index (χ1n) is 8.40. The summed E-state index contributed by atoms with van der Waals surface area (Å²) in [5.74, 6) is -0.298. The van der Waals surface area contributed by atoms with Crippen LogP contribution in [-0.4, -0.2) is 12.1 Å². The van der Waals surface area contributed by atoms with E-state index in [4.69, 9.17) is 0 Å². The molecule has 0 heterocycles. The molecular formula is C22H18F3NO. The molecule has 3 aromatic rings. The molecule has 1 amide bonds. The molecule has 138 valence electrons. The predicted molar refractivity (Wildman–Crippen MR) is 103 cm³/mol. The molecule has 0 saturated carbocycles. The van der Waals surface area contributed by atoms with E-state index in [9.17, 15) is 18.0 Å². The molecule has 0 atom stereocenters. The molecule has 3 rings (SSSR count). The quantitative estimate of drug-likeness (QED) is 0.578. The second kappa shape index (κ2) is 7.27. The van der Waals surface area contributed by atoms with Crippen LogP contribution in [0.1, 0.15) is 27.0 Å². The summed E-state index contributed by atoms with van der Waals surface area (Å²) in [6, 6.07) is 16.3. The third-order valence-electron chi connectivity index (χ3n) is 4.25. The summed E-state index contributed by atoms with van der Waals surface area (Å²) in [5.41, 5.74) is 3.20. The Morgan fingerprint density at radius 2 is 1.78 bits per heavy atom. The molecular weight excluding hydrogens is 351 g/mol. The normalized spacial score (nSPS) is 11.9. The summed E-state index contributed by atoms with van der Waals surface area (Å²) >= 11 is 0. The highest BCUT2D eigenvalue weighted by molar-refractivity contribution is 6.10. The van der Waals surface area contributed by atoms with Gasteiger partial charge < -0.3 is 5.32 Å². The van der Waals surface area contributed by atoms with Gasteiger partial charge in [-0.25, -0.2) is 0 Å². The van der Waals surface area contributed by atoms with Crippen molar-refractivity contribution in [2.45, 2.75) is 20.0 Å². The molecule has 0 fully saturated rings. The van der Waals surface area contributed by atoms with Gasteiger partial charge >= 0.3 is 6.18 Å². The van der Waals surface area contributed by atoms with Gasteiger partial charge in [0.2, 0.25) is 0 Å². The lowest BCUT2D eigenvalue weighted by molar-refractivity contribution is -0.0790. The third kappa shape index (κ3) is 4.56. The highest BCUT2D eigenvalue weighted by Gasteiger charge is 2.21. The van der Waals surface area contributed by atoms with Gasteiger partial charge in [-0.3, -0.25) is 4.79 Å². The zero-order valence-corrected chi connectivity index (χ0v) is 14.9. The maximum absolute atomic E-state index is 12.7. The van der Waals surface area contributed by atoms with Crippen molar-refractivity contribution in [3.63, 3.8) is 0 Å². The average molecular weight is 369 g/mol. The average Bonchev–Trinajstić information content (AvgIpc) is 2.60. The van der Waals surface area contributed by atoms with E-state index in [2.05, 4.69) is 5.32 Å². The van der Waals surface area contributed by atoms with Gasteiger partial charge in [-0.15, -0.1) is 0 Å². The minimum Gasteiger partial charge on any atom is -0.321 e. The lowest BCUT2D eigenvalue weighted by atomic mass is 10.0. The van der Waals surface area contributed by atoms with Crippen LogP contribution in [0.2, 0.25) is 0 Å². The van der Waals surface area contributed by atoms with Gasteiger partial charge in [-0.05, 0) is 48.6 Å². The molecule has 0 saturated heterocycles. The number of rotatable bonds is 3. The number of nitrogens with one attached hydrogen (secondary N) is 1. The molecule has 27 heavy (non-hydrogen) atoms. The van der Waals surface area contributed by atoms with E-state index in [1.165, 1.54) is 12.1 Å². The van der Waals surface area contributed by atoms with E-state index in [-0.39, 0.29) is 12.0 Å². The molecule has 3 aromatic carbocycles. The first-order valence-corrected chi connectivity index (χ1v) is 8.40. The first kappa shape index (κ1) is 18.7. The van der Waals surface area contributed by atoms with Crippen LogP contribution in [0.25, 0.3) is 16.8 Å². The van der Waals surface area contributed by atoms with E-state index in [0.29, 0.717) is 22.4 Å². The number of halogens is 3. The van der Waals surface area contributed by atoms with Crippen LogP contribution in [0.5, 0.6) is 0 Å². The van der Waals surface area contributed by atoms with Gasteiger partial charge in [-0.2, -0.15) is 13.2 Å². The summed E-state index contributed by atoms with van der Waals surface area (Å²) < 4.78 is 36.9. The topological polar surface area (TPSA) is 29.1 Å². The number of anilines is 1. The van der Waals surface area contributed by atoms with E-state index in [0.717, 1.165) is 22.4 Å². The summed E-state index contributed by atoms with van der Waals surface area (Å²) in [6.45, 7) is 3.68. The molecule has 0 aromatic heterocycles. The first-order chi connectivity index (χ1) is 12.7. The fourth-order valence-corrected chi connectivity index (χ4v) is 2.92. The number of hydrogen-bond donors (Lipinski definition) is 1. The van der Waals surface area contributed by atoms with Crippen LogP contribution in [0.4, 0.5) is 18.9 Å². The minimum atomic E-state index is -4.36. The number of aryl methyl sites for hydroxylation is 2. The number of allylic oxidation sites excluding steroid dienone is 1. The molecule has 5 heteroatoms.